The standard InChI is InChI=1S/C13H15BrN4O2/c1-3-4-10-13(15-7-12(19)17-20)16-11-6-5-9(14)8(2)18(10)11/h3-6,15,20H,7H2,1-2H3,(H,17,19)/b4-3+. The molecule has 2 aromatic heterocycles. The number of hydrogen-bond donors (Lipinski definition) is 3. The van der Waals surface area contributed by atoms with Crippen molar-refractivity contribution >= 4 is 39.4 Å². The summed E-state index contributed by atoms with van der Waals surface area (Å²) in [6, 6.07) is 3.82. The van der Waals surface area contributed by atoms with Gasteiger partial charge in [0.25, 0.3) is 5.91 Å². The van der Waals surface area contributed by atoms with Crippen LogP contribution in [0.1, 0.15) is 18.3 Å². The van der Waals surface area contributed by atoms with Crippen LogP contribution in [0.4, 0.5) is 5.82 Å². The van der Waals surface area contributed by atoms with Crippen molar-refractivity contribution in [2.75, 3.05) is 11.9 Å². The van der Waals surface area contributed by atoms with Crippen molar-refractivity contribution in [2.45, 2.75) is 13.8 Å². The number of fused-ring (bicyclic) bond motifs is 1. The number of aromatic nitrogens is 2. The molecule has 2 heterocycles. The van der Waals surface area contributed by atoms with Gasteiger partial charge in [-0.15, -0.1) is 0 Å². The molecular formula is C13H15BrN4O2. The van der Waals surface area contributed by atoms with Crippen molar-refractivity contribution in [2.24, 2.45) is 0 Å². The number of amides is 1. The third-order valence-corrected chi connectivity index (χ3v) is 3.70. The number of carbonyl (C=O) groups excluding carboxylic acids is 1. The molecule has 0 bridgehead atoms. The van der Waals surface area contributed by atoms with E-state index in [0.717, 1.165) is 21.5 Å². The zero-order chi connectivity index (χ0) is 14.7. The lowest BCUT2D eigenvalue weighted by atomic mass is 10.3. The highest BCUT2D eigenvalue weighted by atomic mass is 79.9. The van der Waals surface area contributed by atoms with Crippen LogP contribution in [-0.2, 0) is 4.79 Å². The maximum atomic E-state index is 11.1. The SMILES string of the molecule is C/C=C/c1c(NCC(=O)NO)nc2ccc(Br)c(C)n12. The smallest absolute Gasteiger partial charge is 0.262 e. The summed E-state index contributed by atoms with van der Waals surface area (Å²) in [5.41, 5.74) is 4.23. The first kappa shape index (κ1) is 14.5. The Hall–Kier alpha value is -1.86. The van der Waals surface area contributed by atoms with Gasteiger partial charge in [-0.3, -0.25) is 14.4 Å². The van der Waals surface area contributed by atoms with E-state index in [1.54, 1.807) is 5.48 Å². The molecule has 20 heavy (non-hydrogen) atoms. The highest BCUT2D eigenvalue weighted by molar-refractivity contribution is 9.10. The van der Waals surface area contributed by atoms with Gasteiger partial charge in [0.15, 0.2) is 5.82 Å². The molecule has 0 aromatic carbocycles. The van der Waals surface area contributed by atoms with Gasteiger partial charge in [0.1, 0.15) is 5.65 Å². The largest absolute Gasteiger partial charge is 0.359 e. The van der Waals surface area contributed by atoms with E-state index < -0.39 is 5.91 Å². The summed E-state index contributed by atoms with van der Waals surface area (Å²) in [7, 11) is 0. The molecule has 106 valence electrons. The zero-order valence-corrected chi connectivity index (χ0v) is 12.7. The van der Waals surface area contributed by atoms with Crippen molar-refractivity contribution in [3.05, 3.63) is 34.1 Å². The molecule has 0 unspecified atom stereocenters. The van der Waals surface area contributed by atoms with Crippen LogP contribution in [-0.4, -0.2) is 27.0 Å². The van der Waals surface area contributed by atoms with Crippen molar-refractivity contribution in [1.82, 2.24) is 14.9 Å². The Morgan fingerprint density at radius 3 is 2.95 bits per heavy atom. The minimum Gasteiger partial charge on any atom is -0.359 e. The number of hydroxylamine groups is 1. The van der Waals surface area contributed by atoms with Gasteiger partial charge in [0.05, 0.1) is 12.2 Å². The molecular weight excluding hydrogens is 324 g/mol. The number of nitrogens with one attached hydrogen (secondary N) is 2. The summed E-state index contributed by atoms with van der Waals surface area (Å²) in [6.45, 7) is 3.85. The molecule has 0 fully saturated rings. The second-order valence-electron chi connectivity index (χ2n) is 4.19. The van der Waals surface area contributed by atoms with E-state index >= 15 is 0 Å². The second kappa shape index (κ2) is 6.06. The topological polar surface area (TPSA) is 78.7 Å². The number of halogens is 1. The minimum absolute atomic E-state index is 0.0504. The molecule has 0 spiro atoms. The van der Waals surface area contributed by atoms with Crippen LogP contribution in [0.15, 0.2) is 22.7 Å². The van der Waals surface area contributed by atoms with Gasteiger partial charge in [0.2, 0.25) is 0 Å². The molecule has 0 saturated carbocycles. The Morgan fingerprint density at radius 2 is 2.30 bits per heavy atom. The van der Waals surface area contributed by atoms with E-state index in [1.807, 2.05) is 42.5 Å². The maximum absolute atomic E-state index is 11.1. The van der Waals surface area contributed by atoms with Gasteiger partial charge < -0.3 is 5.32 Å². The van der Waals surface area contributed by atoms with Crippen LogP contribution in [0.5, 0.6) is 0 Å². The number of nitrogens with zero attached hydrogens (tertiary/aromatic N) is 2. The van der Waals surface area contributed by atoms with Gasteiger partial charge in [-0.1, -0.05) is 6.08 Å². The Morgan fingerprint density at radius 1 is 1.55 bits per heavy atom. The lowest BCUT2D eigenvalue weighted by molar-refractivity contribution is -0.127. The van der Waals surface area contributed by atoms with Gasteiger partial charge in [-0.25, -0.2) is 10.5 Å². The molecule has 0 aliphatic heterocycles. The first-order valence-corrected chi connectivity index (χ1v) is 6.84. The van der Waals surface area contributed by atoms with Crippen molar-refractivity contribution in [1.29, 1.82) is 0 Å². The van der Waals surface area contributed by atoms with Crippen LogP contribution in [0, 0.1) is 6.92 Å². The van der Waals surface area contributed by atoms with E-state index in [-0.39, 0.29) is 6.54 Å². The number of pyridine rings is 1. The highest BCUT2D eigenvalue weighted by Gasteiger charge is 2.13. The van der Waals surface area contributed by atoms with Crippen molar-refractivity contribution in [3.8, 4) is 0 Å². The fourth-order valence-corrected chi connectivity index (χ4v) is 2.24. The molecule has 7 heteroatoms. The number of imidazole rings is 1. The predicted octanol–water partition coefficient (Wildman–Crippen LogP) is 2.36. The molecule has 0 saturated heterocycles. The normalized spacial score (nSPS) is 11.2. The molecule has 3 N–H and O–H groups in total. The predicted molar refractivity (Wildman–Crippen MR) is 80.8 cm³/mol. The number of anilines is 1. The molecule has 2 aromatic rings. The summed E-state index contributed by atoms with van der Waals surface area (Å²) in [4.78, 5) is 15.6. The number of hydrogen-bond acceptors (Lipinski definition) is 4. The lowest BCUT2D eigenvalue weighted by Gasteiger charge is -2.06. The van der Waals surface area contributed by atoms with Crippen molar-refractivity contribution < 1.29 is 10.0 Å². The van der Waals surface area contributed by atoms with Gasteiger partial charge >= 0.3 is 0 Å². The third kappa shape index (κ3) is 2.68. The van der Waals surface area contributed by atoms with Crippen molar-refractivity contribution in [3.63, 3.8) is 0 Å². The summed E-state index contributed by atoms with van der Waals surface area (Å²) in [5.74, 6) is 0.0688. The second-order valence-corrected chi connectivity index (χ2v) is 5.05. The Kier molecular flexibility index (Phi) is 4.41. The summed E-state index contributed by atoms with van der Waals surface area (Å²) in [6.07, 6.45) is 3.82. The quantitative estimate of drug-likeness (QED) is 0.590. The van der Waals surface area contributed by atoms with Gasteiger partial charge in [-0.2, -0.15) is 0 Å². The Bertz CT molecular complexity index is 679. The van der Waals surface area contributed by atoms with Crippen LogP contribution in [0.2, 0.25) is 0 Å². The number of allylic oxidation sites excluding steroid dienone is 1. The highest BCUT2D eigenvalue weighted by Crippen LogP contribution is 2.25. The van der Waals surface area contributed by atoms with Crippen LogP contribution >= 0.6 is 15.9 Å². The fourth-order valence-electron chi connectivity index (χ4n) is 1.94. The van der Waals surface area contributed by atoms with E-state index in [4.69, 9.17) is 5.21 Å². The van der Waals surface area contributed by atoms with Crippen LogP contribution in [0.3, 0.4) is 0 Å². The lowest BCUT2D eigenvalue weighted by Crippen LogP contribution is -2.27. The summed E-state index contributed by atoms with van der Waals surface area (Å²) >= 11 is 3.49. The molecule has 0 aliphatic carbocycles. The third-order valence-electron chi connectivity index (χ3n) is 2.86. The maximum Gasteiger partial charge on any atom is 0.262 e. The van der Waals surface area contributed by atoms with E-state index in [9.17, 15) is 4.79 Å². The number of carbonyl (C=O) groups is 1. The Balaban J connectivity index is 2.51. The first-order chi connectivity index (χ1) is 9.58. The molecule has 0 atom stereocenters. The monoisotopic (exact) mass is 338 g/mol. The first-order valence-electron chi connectivity index (χ1n) is 6.05. The number of rotatable bonds is 4. The van der Waals surface area contributed by atoms with E-state index in [0.29, 0.717) is 5.82 Å². The van der Waals surface area contributed by atoms with E-state index in [2.05, 4.69) is 26.2 Å². The fraction of sp³-hybridized carbons (Fsp3) is 0.231. The zero-order valence-electron chi connectivity index (χ0n) is 11.1. The summed E-state index contributed by atoms with van der Waals surface area (Å²) in [5, 5.41) is 11.4. The molecule has 1 amide bonds. The molecule has 2 rings (SSSR count). The minimum atomic E-state index is -0.522. The van der Waals surface area contributed by atoms with Gasteiger partial charge in [-0.05, 0) is 48.0 Å². The van der Waals surface area contributed by atoms with Crippen LogP contribution < -0.4 is 10.8 Å². The number of aryl methyl sites for hydroxylation is 1. The summed E-state index contributed by atoms with van der Waals surface area (Å²) < 4.78 is 2.97. The Labute approximate surface area is 124 Å². The molecule has 0 aliphatic rings. The average molecular weight is 339 g/mol. The molecule has 6 nitrogen and oxygen atoms in total. The van der Waals surface area contributed by atoms with E-state index in [1.165, 1.54) is 0 Å². The van der Waals surface area contributed by atoms with Gasteiger partial charge in [0, 0.05) is 10.2 Å². The van der Waals surface area contributed by atoms with Crippen LogP contribution in [0.25, 0.3) is 11.7 Å². The molecule has 0 radical (unpaired) electrons. The average Bonchev–Trinajstić information content (AvgIpc) is 2.79.